The van der Waals surface area contributed by atoms with Crippen LogP contribution in [0, 0.1) is 20.8 Å². The summed E-state index contributed by atoms with van der Waals surface area (Å²) < 4.78 is 0. The molecule has 0 fully saturated rings. The van der Waals surface area contributed by atoms with Crippen LogP contribution in [-0.2, 0) is 4.84 Å². The molecule has 6 heteroatoms. The van der Waals surface area contributed by atoms with Gasteiger partial charge < -0.3 is 4.98 Å². The number of hydrogen-bond acceptors (Lipinski definition) is 4. The highest BCUT2D eigenvalue weighted by Gasteiger charge is 2.19. The van der Waals surface area contributed by atoms with E-state index in [0.717, 1.165) is 21.6 Å². The first-order valence-corrected chi connectivity index (χ1v) is 8.14. The molecule has 0 spiro atoms. The summed E-state index contributed by atoms with van der Waals surface area (Å²) in [5.74, 6) is -0.538. The number of amides is 1. The van der Waals surface area contributed by atoms with Crippen molar-refractivity contribution in [3.8, 4) is 0 Å². The Morgan fingerprint density at radius 3 is 2.48 bits per heavy atom. The highest BCUT2D eigenvalue weighted by molar-refractivity contribution is 7.99. The molecule has 0 saturated heterocycles. The SMILES string of the molecule is CCONC(=O)c1c(Sc2cc(C)cc(C)c2)c(C)c[nH]c1=O. The van der Waals surface area contributed by atoms with Crippen LogP contribution in [0.3, 0.4) is 0 Å². The van der Waals surface area contributed by atoms with E-state index in [2.05, 4.69) is 16.5 Å². The molecular formula is C17H20N2O3S. The molecule has 5 nitrogen and oxygen atoms in total. The molecule has 0 radical (unpaired) electrons. The normalized spacial score (nSPS) is 10.6. The Hall–Kier alpha value is -2.05. The zero-order valence-electron chi connectivity index (χ0n) is 13.6. The van der Waals surface area contributed by atoms with Crippen molar-refractivity contribution in [1.29, 1.82) is 0 Å². The van der Waals surface area contributed by atoms with Crippen LogP contribution in [0.2, 0.25) is 0 Å². The lowest BCUT2D eigenvalue weighted by Crippen LogP contribution is -2.30. The predicted octanol–water partition coefficient (Wildman–Crippen LogP) is 3.13. The number of hydroxylamine groups is 1. The van der Waals surface area contributed by atoms with Gasteiger partial charge in [-0.25, -0.2) is 5.48 Å². The lowest BCUT2D eigenvalue weighted by atomic mass is 10.2. The maximum absolute atomic E-state index is 12.3. The number of pyridine rings is 1. The van der Waals surface area contributed by atoms with Crippen LogP contribution in [0.1, 0.15) is 34.0 Å². The molecule has 2 aromatic rings. The van der Waals surface area contributed by atoms with Gasteiger partial charge in [-0.3, -0.25) is 14.4 Å². The van der Waals surface area contributed by atoms with Gasteiger partial charge in [0.1, 0.15) is 5.56 Å². The molecule has 1 amide bonds. The Labute approximate surface area is 139 Å². The van der Waals surface area contributed by atoms with E-state index in [4.69, 9.17) is 4.84 Å². The van der Waals surface area contributed by atoms with Crippen molar-refractivity contribution >= 4 is 17.7 Å². The molecular weight excluding hydrogens is 312 g/mol. The van der Waals surface area contributed by atoms with Gasteiger partial charge in [0.25, 0.3) is 11.5 Å². The Morgan fingerprint density at radius 2 is 1.87 bits per heavy atom. The largest absolute Gasteiger partial charge is 0.328 e. The van der Waals surface area contributed by atoms with E-state index in [1.165, 1.54) is 11.8 Å². The fraction of sp³-hybridized carbons (Fsp3) is 0.294. The van der Waals surface area contributed by atoms with Crippen LogP contribution in [0.25, 0.3) is 0 Å². The van der Waals surface area contributed by atoms with Gasteiger partial charge in [-0.2, -0.15) is 0 Å². The smallest absolute Gasteiger partial charge is 0.281 e. The summed E-state index contributed by atoms with van der Waals surface area (Å²) in [5, 5.41) is 0. The molecule has 0 bridgehead atoms. The van der Waals surface area contributed by atoms with Gasteiger partial charge in [0.15, 0.2) is 0 Å². The number of benzene rings is 1. The monoisotopic (exact) mass is 332 g/mol. The second kappa shape index (κ2) is 7.48. The predicted molar refractivity (Wildman–Crippen MR) is 90.9 cm³/mol. The van der Waals surface area contributed by atoms with Gasteiger partial charge in [0.2, 0.25) is 0 Å². The molecule has 0 aliphatic carbocycles. The fourth-order valence-electron chi connectivity index (χ4n) is 2.25. The summed E-state index contributed by atoms with van der Waals surface area (Å²) in [6, 6.07) is 6.14. The summed E-state index contributed by atoms with van der Waals surface area (Å²) in [6.07, 6.45) is 1.62. The third-order valence-electron chi connectivity index (χ3n) is 3.18. The molecule has 2 rings (SSSR count). The second-order valence-electron chi connectivity index (χ2n) is 5.29. The Bertz CT molecular complexity index is 764. The van der Waals surface area contributed by atoms with Crippen molar-refractivity contribution < 1.29 is 9.63 Å². The minimum Gasteiger partial charge on any atom is -0.328 e. The highest BCUT2D eigenvalue weighted by atomic mass is 32.2. The fourth-order valence-corrected chi connectivity index (χ4v) is 3.48. The van der Waals surface area contributed by atoms with Crippen molar-refractivity contribution in [3.63, 3.8) is 0 Å². The Balaban J connectivity index is 2.46. The molecule has 122 valence electrons. The van der Waals surface area contributed by atoms with Crippen LogP contribution in [0.5, 0.6) is 0 Å². The summed E-state index contributed by atoms with van der Waals surface area (Å²) in [7, 11) is 0. The second-order valence-corrected chi connectivity index (χ2v) is 6.38. The van der Waals surface area contributed by atoms with E-state index in [1.54, 1.807) is 13.1 Å². The van der Waals surface area contributed by atoms with Gasteiger partial charge in [0.05, 0.1) is 6.61 Å². The molecule has 0 aliphatic heterocycles. The first kappa shape index (κ1) is 17.3. The van der Waals surface area contributed by atoms with E-state index < -0.39 is 11.5 Å². The number of carbonyl (C=O) groups is 1. The number of hydrogen-bond donors (Lipinski definition) is 2. The molecule has 1 aromatic heterocycles. The number of carbonyl (C=O) groups excluding carboxylic acids is 1. The van der Waals surface area contributed by atoms with Crippen LogP contribution >= 0.6 is 11.8 Å². The van der Waals surface area contributed by atoms with Crippen LogP contribution in [0.4, 0.5) is 0 Å². The first-order chi connectivity index (χ1) is 10.9. The third kappa shape index (κ3) is 4.24. The van der Waals surface area contributed by atoms with Crippen LogP contribution in [-0.4, -0.2) is 17.5 Å². The van der Waals surface area contributed by atoms with Crippen molar-refractivity contribution in [2.45, 2.75) is 37.5 Å². The number of rotatable bonds is 5. The van der Waals surface area contributed by atoms with Gasteiger partial charge in [-0.05, 0) is 56.5 Å². The standard InChI is InChI=1S/C17H20N2O3S/c1-5-22-19-17(21)14-15(12(4)9-18-16(14)20)23-13-7-10(2)6-11(3)8-13/h6-9H,5H2,1-4H3,(H,18,20)(H,19,21). The molecule has 1 aromatic carbocycles. The lowest BCUT2D eigenvalue weighted by molar-refractivity contribution is 0.0360. The summed E-state index contributed by atoms with van der Waals surface area (Å²) >= 11 is 1.41. The van der Waals surface area contributed by atoms with E-state index in [9.17, 15) is 9.59 Å². The Morgan fingerprint density at radius 1 is 1.22 bits per heavy atom. The minimum atomic E-state index is -0.538. The number of aromatic nitrogens is 1. The molecule has 0 aliphatic rings. The van der Waals surface area contributed by atoms with E-state index >= 15 is 0 Å². The van der Waals surface area contributed by atoms with Gasteiger partial charge in [-0.15, -0.1) is 0 Å². The first-order valence-electron chi connectivity index (χ1n) is 7.33. The molecule has 23 heavy (non-hydrogen) atoms. The van der Waals surface area contributed by atoms with E-state index in [-0.39, 0.29) is 5.56 Å². The van der Waals surface area contributed by atoms with E-state index in [0.29, 0.717) is 11.5 Å². The number of H-pyrrole nitrogens is 1. The number of aryl methyl sites for hydroxylation is 3. The van der Waals surface area contributed by atoms with Crippen LogP contribution < -0.4 is 11.0 Å². The average Bonchev–Trinajstić information content (AvgIpc) is 2.47. The van der Waals surface area contributed by atoms with E-state index in [1.807, 2.05) is 32.9 Å². The average molecular weight is 332 g/mol. The number of aromatic amines is 1. The summed E-state index contributed by atoms with van der Waals surface area (Å²) in [5.41, 5.74) is 5.03. The van der Waals surface area contributed by atoms with Crippen molar-refractivity contribution in [1.82, 2.24) is 10.5 Å². The zero-order valence-corrected chi connectivity index (χ0v) is 14.5. The van der Waals surface area contributed by atoms with Gasteiger partial charge in [-0.1, -0.05) is 17.8 Å². The third-order valence-corrected chi connectivity index (χ3v) is 4.39. The van der Waals surface area contributed by atoms with Crippen LogP contribution in [0.15, 0.2) is 39.0 Å². The lowest BCUT2D eigenvalue weighted by Gasteiger charge is -2.12. The minimum absolute atomic E-state index is 0.0719. The molecule has 0 atom stereocenters. The molecule has 0 unspecified atom stereocenters. The molecule has 0 saturated carbocycles. The molecule has 2 N–H and O–H groups in total. The Kier molecular flexibility index (Phi) is 5.63. The molecule has 1 heterocycles. The topological polar surface area (TPSA) is 71.2 Å². The quantitative estimate of drug-likeness (QED) is 0.825. The maximum atomic E-state index is 12.3. The highest BCUT2D eigenvalue weighted by Crippen LogP contribution is 2.32. The van der Waals surface area contributed by atoms with Crippen molar-refractivity contribution in [2.24, 2.45) is 0 Å². The summed E-state index contributed by atoms with van der Waals surface area (Å²) in [4.78, 5) is 33.5. The zero-order chi connectivity index (χ0) is 17.0. The summed E-state index contributed by atoms with van der Waals surface area (Å²) in [6.45, 7) is 7.98. The number of nitrogens with one attached hydrogen (secondary N) is 2. The van der Waals surface area contributed by atoms with Gasteiger partial charge >= 0.3 is 0 Å². The van der Waals surface area contributed by atoms with Crippen molar-refractivity contribution in [3.05, 3.63) is 57.0 Å². The van der Waals surface area contributed by atoms with Gasteiger partial charge in [0, 0.05) is 16.0 Å². The maximum Gasteiger partial charge on any atom is 0.281 e. The van der Waals surface area contributed by atoms with Crippen molar-refractivity contribution in [2.75, 3.05) is 6.61 Å².